The molecule has 0 bridgehead atoms. The molecule has 3 aliphatic heterocycles. The van der Waals surface area contributed by atoms with E-state index in [-0.39, 0.29) is 6.04 Å². The van der Waals surface area contributed by atoms with Gasteiger partial charge >= 0.3 is 0 Å². The van der Waals surface area contributed by atoms with E-state index in [2.05, 4.69) is 17.0 Å². The molecule has 0 aliphatic carbocycles. The van der Waals surface area contributed by atoms with Crippen LogP contribution in [0.5, 0.6) is 5.75 Å². The molecule has 4 rings (SSSR count). The highest BCUT2D eigenvalue weighted by molar-refractivity contribution is 7.88. The van der Waals surface area contributed by atoms with Gasteiger partial charge in [-0.05, 0) is 54.9 Å². The highest BCUT2D eigenvalue weighted by Gasteiger charge is 2.44. The minimum Gasteiger partial charge on any atom is -0.497 e. The van der Waals surface area contributed by atoms with Crippen LogP contribution in [0.1, 0.15) is 36.4 Å². The number of hydrogen-bond donors (Lipinski definition) is 0. The lowest BCUT2D eigenvalue weighted by Crippen LogP contribution is -2.57. The zero-order chi connectivity index (χ0) is 16.9. The second-order valence-electron chi connectivity index (χ2n) is 7.40. The fourth-order valence-electron chi connectivity index (χ4n) is 4.93. The summed E-state index contributed by atoms with van der Waals surface area (Å²) in [4.78, 5) is 2.57. The Morgan fingerprint density at radius 1 is 1.25 bits per heavy atom. The minimum absolute atomic E-state index is 0.156. The van der Waals surface area contributed by atoms with Gasteiger partial charge in [0.25, 0.3) is 0 Å². The average Bonchev–Trinajstić information content (AvgIpc) is 2.58. The Labute approximate surface area is 144 Å². The van der Waals surface area contributed by atoms with Gasteiger partial charge < -0.3 is 4.74 Å². The minimum atomic E-state index is -3.13. The summed E-state index contributed by atoms with van der Waals surface area (Å²) in [7, 11) is -1.42. The topological polar surface area (TPSA) is 49.9 Å². The van der Waals surface area contributed by atoms with E-state index in [9.17, 15) is 8.42 Å². The fraction of sp³-hybridized carbons (Fsp3) is 0.667. The van der Waals surface area contributed by atoms with Crippen LogP contribution in [0.15, 0.2) is 18.2 Å². The first-order valence-electron chi connectivity index (χ1n) is 8.85. The molecule has 0 amide bonds. The predicted molar refractivity (Wildman–Crippen MR) is 93.7 cm³/mol. The monoisotopic (exact) mass is 350 g/mol. The molecular formula is C18H26N2O3S. The number of methoxy groups -OCH3 is 1. The summed E-state index contributed by atoms with van der Waals surface area (Å²) in [5, 5.41) is 0. The van der Waals surface area contributed by atoms with E-state index >= 15 is 0 Å². The van der Waals surface area contributed by atoms with Crippen LogP contribution in [0.2, 0.25) is 0 Å². The van der Waals surface area contributed by atoms with Crippen molar-refractivity contribution < 1.29 is 13.2 Å². The van der Waals surface area contributed by atoms with Crippen molar-refractivity contribution in [3.05, 3.63) is 29.3 Å². The third kappa shape index (κ3) is 2.74. The second-order valence-corrected chi connectivity index (χ2v) is 9.34. The van der Waals surface area contributed by atoms with E-state index < -0.39 is 10.0 Å². The molecule has 24 heavy (non-hydrogen) atoms. The van der Waals surface area contributed by atoms with E-state index in [1.165, 1.54) is 17.4 Å². The van der Waals surface area contributed by atoms with Gasteiger partial charge in [-0.25, -0.2) is 8.42 Å². The van der Waals surface area contributed by atoms with Crippen molar-refractivity contribution >= 4 is 10.0 Å². The first-order chi connectivity index (χ1) is 11.5. The Morgan fingerprint density at radius 2 is 2.08 bits per heavy atom. The van der Waals surface area contributed by atoms with Crippen molar-refractivity contribution in [2.45, 2.75) is 37.8 Å². The fourth-order valence-corrected chi connectivity index (χ4v) is 6.14. The number of piperidine rings is 2. The SMILES string of the molecule is COc1ccc2c(c1)CCN1C[C@@H]3CCCN(S(C)(=O)=O)[C@@H]3C[C@H]21. The van der Waals surface area contributed by atoms with Crippen molar-refractivity contribution in [3.8, 4) is 5.75 Å². The predicted octanol–water partition coefficient (Wildman–Crippen LogP) is 2.04. The summed E-state index contributed by atoms with van der Waals surface area (Å²) in [5.74, 6) is 1.39. The van der Waals surface area contributed by atoms with Crippen LogP contribution in [0.25, 0.3) is 0 Å². The maximum Gasteiger partial charge on any atom is 0.211 e. The lowest BCUT2D eigenvalue weighted by atomic mass is 9.77. The van der Waals surface area contributed by atoms with Gasteiger partial charge in [-0.3, -0.25) is 4.90 Å². The molecule has 1 aromatic rings. The molecule has 0 N–H and O–H groups in total. The van der Waals surface area contributed by atoms with E-state index in [4.69, 9.17) is 4.74 Å². The number of benzene rings is 1. The van der Waals surface area contributed by atoms with E-state index in [0.717, 1.165) is 44.5 Å². The molecule has 0 saturated carbocycles. The van der Waals surface area contributed by atoms with Crippen molar-refractivity contribution in [3.63, 3.8) is 0 Å². The van der Waals surface area contributed by atoms with Gasteiger partial charge in [0.15, 0.2) is 0 Å². The highest BCUT2D eigenvalue weighted by atomic mass is 32.2. The Bertz CT molecular complexity index is 734. The molecule has 0 spiro atoms. The van der Waals surface area contributed by atoms with Crippen LogP contribution in [0.3, 0.4) is 0 Å². The molecule has 0 aromatic heterocycles. The maximum atomic E-state index is 12.2. The third-order valence-corrected chi connectivity index (χ3v) is 7.35. The van der Waals surface area contributed by atoms with E-state index in [1.807, 2.05) is 6.07 Å². The molecule has 5 nitrogen and oxygen atoms in total. The van der Waals surface area contributed by atoms with Crippen LogP contribution in [0.4, 0.5) is 0 Å². The number of rotatable bonds is 2. The summed E-state index contributed by atoms with van der Waals surface area (Å²) in [6, 6.07) is 6.85. The molecule has 0 radical (unpaired) electrons. The summed E-state index contributed by atoms with van der Waals surface area (Å²) in [6.07, 6.45) is 5.46. The molecule has 1 aromatic carbocycles. The normalized spacial score (nSPS) is 31.0. The number of ether oxygens (including phenoxy) is 1. The van der Waals surface area contributed by atoms with E-state index in [0.29, 0.717) is 18.5 Å². The quantitative estimate of drug-likeness (QED) is 0.819. The first-order valence-corrected chi connectivity index (χ1v) is 10.7. The zero-order valence-corrected chi connectivity index (χ0v) is 15.3. The molecular weight excluding hydrogens is 324 g/mol. The van der Waals surface area contributed by atoms with Gasteiger partial charge in [-0.2, -0.15) is 4.31 Å². The van der Waals surface area contributed by atoms with Gasteiger partial charge in [0.05, 0.1) is 13.4 Å². The number of hydrogen-bond acceptors (Lipinski definition) is 4. The average molecular weight is 350 g/mol. The van der Waals surface area contributed by atoms with Gasteiger partial charge in [0.2, 0.25) is 10.0 Å². The lowest BCUT2D eigenvalue weighted by Gasteiger charge is -2.51. The van der Waals surface area contributed by atoms with Crippen LogP contribution in [-0.4, -0.2) is 56.7 Å². The summed E-state index contributed by atoms with van der Waals surface area (Å²) < 4.78 is 31.6. The Balaban J connectivity index is 1.66. The highest BCUT2D eigenvalue weighted by Crippen LogP contribution is 2.43. The molecule has 0 unspecified atom stereocenters. The second kappa shape index (κ2) is 6.00. The van der Waals surface area contributed by atoms with Crippen molar-refractivity contribution in [2.24, 2.45) is 5.92 Å². The molecule has 3 aliphatic rings. The number of sulfonamides is 1. The van der Waals surface area contributed by atoms with Crippen molar-refractivity contribution in [1.82, 2.24) is 9.21 Å². The van der Waals surface area contributed by atoms with Gasteiger partial charge in [0.1, 0.15) is 5.75 Å². The van der Waals surface area contributed by atoms with Gasteiger partial charge in [-0.15, -0.1) is 0 Å². The summed E-state index contributed by atoms with van der Waals surface area (Å²) >= 11 is 0. The summed E-state index contributed by atoms with van der Waals surface area (Å²) in [6.45, 7) is 2.77. The summed E-state index contributed by atoms with van der Waals surface area (Å²) in [5.41, 5.74) is 2.72. The molecule has 2 saturated heterocycles. The zero-order valence-electron chi connectivity index (χ0n) is 14.4. The van der Waals surface area contributed by atoms with Crippen LogP contribution >= 0.6 is 0 Å². The smallest absolute Gasteiger partial charge is 0.211 e. The largest absolute Gasteiger partial charge is 0.497 e. The van der Waals surface area contributed by atoms with Crippen molar-refractivity contribution in [2.75, 3.05) is 33.0 Å². The van der Waals surface area contributed by atoms with Crippen LogP contribution < -0.4 is 4.74 Å². The lowest BCUT2D eigenvalue weighted by molar-refractivity contribution is 0.0222. The molecule has 3 heterocycles. The van der Waals surface area contributed by atoms with Crippen molar-refractivity contribution in [1.29, 1.82) is 0 Å². The first kappa shape index (κ1) is 16.4. The number of nitrogens with zero attached hydrogens (tertiary/aromatic N) is 2. The molecule has 132 valence electrons. The van der Waals surface area contributed by atoms with E-state index in [1.54, 1.807) is 11.4 Å². The molecule has 3 atom stereocenters. The van der Waals surface area contributed by atoms with Gasteiger partial charge in [0, 0.05) is 31.7 Å². The van der Waals surface area contributed by atoms with Gasteiger partial charge in [-0.1, -0.05) is 6.07 Å². The molecule has 2 fully saturated rings. The third-order valence-electron chi connectivity index (χ3n) is 6.05. The Hall–Kier alpha value is -1.11. The Kier molecular flexibility index (Phi) is 4.09. The van der Waals surface area contributed by atoms with Crippen LogP contribution in [-0.2, 0) is 16.4 Å². The molecule has 6 heteroatoms. The standard InChI is InChI=1S/C18H26N2O3S/c1-23-15-5-6-16-13(10-15)7-9-19-12-14-4-3-8-20(24(2,21)22)17(14)11-18(16)19/h5-6,10,14,17-18H,3-4,7-9,11-12H2,1-2H3/t14-,17+,18+/m0/s1. The van der Waals surface area contributed by atoms with Crippen LogP contribution in [0, 0.1) is 5.92 Å². The maximum absolute atomic E-state index is 12.2. The Morgan fingerprint density at radius 3 is 2.83 bits per heavy atom. The number of fused-ring (bicyclic) bond motifs is 4.